The summed E-state index contributed by atoms with van der Waals surface area (Å²) >= 11 is 0. The molecule has 0 unspecified atom stereocenters. The normalized spacial score (nSPS) is 10.9. The number of hydrogen-bond acceptors (Lipinski definition) is 5. The average molecular weight is 307 g/mol. The summed E-state index contributed by atoms with van der Waals surface area (Å²) in [5, 5.41) is 26.2. The Balaban J connectivity index is 2.08. The van der Waals surface area contributed by atoms with Gasteiger partial charge < -0.3 is 5.11 Å². The topological polar surface area (TPSA) is 87.6 Å². The molecular weight excluding hydrogens is 290 g/mol. The molecule has 3 aromatic rings. The highest BCUT2D eigenvalue weighted by molar-refractivity contribution is 5.83. The first-order valence-electron chi connectivity index (χ1n) is 7.45. The molecule has 6 heteroatoms. The molecule has 0 amide bonds. The van der Waals surface area contributed by atoms with Gasteiger partial charge in [0.05, 0.1) is 11.2 Å². The van der Waals surface area contributed by atoms with Crippen LogP contribution in [0.1, 0.15) is 23.2 Å². The lowest BCUT2D eigenvalue weighted by Gasteiger charge is -2.08. The monoisotopic (exact) mass is 307 g/mol. The van der Waals surface area contributed by atoms with Crippen molar-refractivity contribution in [3.05, 3.63) is 41.1 Å². The number of rotatable bonds is 4. The zero-order chi connectivity index (χ0) is 16.4. The van der Waals surface area contributed by atoms with Gasteiger partial charge in [0.1, 0.15) is 11.6 Å². The maximum absolute atomic E-state index is 9.30. The van der Waals surface area contributed by atoms with E-state index < -0.39 is 0 Å². The van der Waals surface area contributed by atoms with E-state index >= 15 is 0 Å². The molecule has 1 aromatic carbocycles. The number of aromatic nitrogens is 4. The predicted octanol–water partition coefficient (Wildman–Crippen LogP) is 2.14. The average Bonchev–Trinajstić information content (AvgIpc) is 2.94. The Morgan fingerprint density at radius 3 is 2.83 bits per heavy atom. The molecule has 0 saturated heterocycles. The van der Waals surface area contributed by atoms with Crippen molar-refractivity contribution in [1.29, 1.82) is 5.26 Å². The van der Waals surface area contributed by atoms with Gasteiger partial charge in [0, 0.05) is 19.2 Å². The molecule has 0 atom stereocenters. The molecule has 2 heterocycles. The number of aliphatic hydroxyl groups excluding tert-OH is 1. The molecule has 1 N–H and O–H groups in total. The molecule has 23 heavy (non-hydrogen) atoms. The highest BCUT2D eigenvalue weighted by Gasteiger charge is 2.13. The Kier molecular flexibility index (Phi) is 4.04. The van der Waals surface area contributed by atoms with Crippen LogP contribution in [-0.2, 0) is 13.5 Å². The van der Waals surface area contributed by atoms with E-state index in [1.54, 1.807) is 11.7 Å². The van der Waals surface area contributed by atoms with Crippen LogP contribution in [0.25, 0.3) is 22.3 Å². The van der Waals surface area contributed by atoms with Gasteiger partial charge in [-0.3, -0.25) is 0 Å². The molecule has 0 saturated carbocycles. The Hall–Kier alpha value is -2.78. The SMILES string of the molecule is Cc1cc(-c2cc3c(nnn3C)c(C#N)n2)ccc1CCCO. The van der Waals surface area contributed by atoms with E-state index in [9.17, 15) is 5.26 Å². The number of fused-ring (bicyclic) bond motifs is 1. The van der Waals surface area contributed by atoms with Crippen LogP contribution in [0.5, 0.6) is 0 Å². The van der Waals surface area contributed by atoms with Crippen LogP contribution in [0.3, 0.4) is 0 Å². The fourth-order valence-electron chi connectivity index (χ4n) is 2.66. The molecular formula is C17H17N5O. The van der Waals surface area contributed by atoms with Gasteiger partial charge >= 0.3 is 0 Å². The summed E-state index contributed by atoms with van der Waals surface area (Å²) in [7, 11) is 1.80. The lowest BCUT2D eigenvalue weighted by molar-refractivity contribution is 0.288. The lowest BCUT2D eigenvalue weighted by atomic mass is 9.99. The van der Waals surface area contributed by atoms with Gasteiger partial charge in [-0.1, -0.05) is 17.3 Å². The molecule has 3 rings (SSSR count). The molecule has 0 spiro atoms. The Labute approximate surface area is 134 Å². The number of nitriles is 1. The summed E-state index contributed by atoms with van der Waals surface area (Å²) < 4.78 is 1.64. The third-order valence-electron chi connectivity index (χ3n) is 3.95. The fourth-order valence-corrected chi connectivity index (χ4v) is 2.66. The van der Waals surface area contributed by atoms with Gasteiger partial charge in [-0.05, 0) is 43.0 Å². The number of aliphatic hydroxyl groups is 1. The molecule has 0 aliphatic carbocycles. The van der Waals surface area contributed by atoms with Crippen LogP contribution in [0, 0.1) is 18.3 Å². The molecule has 6 nitrogen and oxygen atoms in total. The van der Waals surface area contributed by atoms with E-state index in [0.29, 0.717) is 5.52 Å². The highest BCUT2D eigenvalue weighted by Crippen LogP contribution is 2.25. The van der Waals surface area contributed by atoms with Crippen molar-refractivity contribution in [1.82, 2.24) is 20.0 Å². The maximum atomic E-state index is 9.30. The minimum absolute atomic E-state index is 0.193. The van der Waals surface area contributed by atoms with Gasteiger partial charge in [-0.2, -0.15) is 5.26 Å². The molecule has 0 aliphatic rings. The Morgan fingerprint density at radius 1 is 1.30 bits per heavy atom. The van der Waals surface area contributed by atoms with E-state index in [4.69, 9.17) is 5.11 Å². The van der Waals surface area contributed by atoms with Crippen molar-refractivity contribution in [2.75, 3.05) is 6.61 Å². The molecule has 0 aliphatic heterocycles. The number of aryl methyl sites for hydroxylation is 3. The molecule has 0 radical (unpaired) electrons. The minimum atomic E-state index is 0.193. The third-order valence-corrected chi connectivity index (χ3v) is 3.95. The Bertz CT molecular complexity index is 907. The largest absolute Gasteiger partial charge is 0.396 e. The van der Waals surface area contributed by atoms with Gasteiger partial charge in [0.25, 0.3) is 0 Å². The smallest absolute Gasteiger partial charge is 0.170 e. The number of nitrogens with zero attached hydrogens (tertiary/aromatic N) is 5. The van der Waals surface area contributed by atoms with Crippen LogP contribution in [0.15, 0.2) is 24.3 Å². The highest BCUT2D eigenvalue weighted by atomic mass is 16.2. The van der Waals surface area contributed by atoms with Crippen molar-refractivity contribution in [3.63, 3.8) is 0 Å². The van der Waals surface area contributed by atoms with Crippen molar-refractivity contribution in [2.45, 2.75) is 19.8 Å². The number of benzene rings is 1. The summed E-state index contributed by atoms with van der Waals surface area (Å²) in [6, 6.07) is 10.1. The van der Waals surface area contributed by atoms with Crippen molar-refractivity contribution < 1.29 is 5.11 Å². The number of pyridine rings is 1. The fraction of sp³-hybridized carbons (Fsp3) is 0.294. The van der Waals surface area contributed by atoms with E-state index in [1.165, 1.54) is 5.56 Å². The van der Waals surface area contributed by atoms with E-state index in [0.717, 1.165) is 35.2 Å². The summed E-state index contributed by atoms with van der Waals surface area (Å²) in [6.45, 7) is 2.24. The maximum Gasteiger partial charge on any atom is 0.170 e. The van der Waals surface area contributed by atoms with Crippen molar-refractivity contribution in [2.24, 2.45) is 7.05 Å². The second-order valence-electron chi connectivity index (χ2n) is 5.52. The van der Waals surface area contributed by atoms with Crippen LogP contribution < -0.4 is 0 Å². The lowest BCUT2D eigenvalue weighted by Crippen LogP contribution is -1.96. The van der Waals surface area contributed by atoms with E-state index in [1.807, 2.05) is 19.1 Å². The first-order chi connectivity index (χ1) is 11.1. The van der Waals surface area contributed by atoms with Crippen molar-refractivity contribution in [3.8, 4) is 17.3 Å². The molecule has 0 fully saturated rings. The molecule has 0 bridgehead atoms. The number of hydrogen-bond donors (Lipinski definition) is 1. The minimum Gasteiger partial charge on any atom is -0.396 e. The Morgan fingerprint density at radius 2 is 2.13 bits per heavy atom. The molecule has 2 aromatic heterocycles. The van der Waals surface area contributed by atoms with Crippen molar-refractivity contribution >= 4 is 11.0 Å². The zero-order valence-electron chi connectivity index (χ0n) is 13.1. The van der Waals surface area contributed by atoms with Gasteiger partial charge in [0.15, 0.2) is 5.69 Å². The second kappa shape index (κ2) is 6.15. The summed E-state index contributed by atoms with van der Waals surface area (Å²) in [6.07, 6.45) is 1.60. The summed E-state index contributed by atoms with van der Waals surface area (Å²) in [5.41, 5.74) is 5.65. The van der Waals surface area contributed by atoms with Crippen LogP contribution in [-0.4, -0.2) is 31.7 Å². The van der Waals surface area contributed by atoms with Gasteiger partial charge in [-0.25, -0.2) is 9.67 Å². The van der Waals surface area contributed by atoms with Gasteiger partial charge in [0.2, 0.25) is 0 Å². The standard InChI is InChI=1S/C17H17N5O/c1-11-8-13(6-5-12(11)4-3-7-23)14-9-16-17(15(10-18)19-14)20-21-22(16)2/h5-6,8-9,23H,3-4,7H2,1-2H3. The van der Waals surface area contributed by atoms with Crippen LogP contribution in [0.2, 0.25) is 0 Å². The summed E-state index contributed by atoms with van der Waals surface area (Å²) in [5.74, 6) is 0. The molecule has 116 valence electrons. The quantitative estimate of drug-likeness (QED) is 0.798. The van der Waals surface area contributed by atoms with Gasteiger partial charge in [-0.15, -0.1) is 5.10 Å². The predicted molar refractivity (Wildman–Crippen MR) is 86.6 cm³/mol. The van der Waals surface area contributed by atoms with Crippen LogP contribution in [0.4, 0.5) is 0 Å². The van der Waals surface area contributed by atoms with E-state index in [-0.39, 0.29) is 12.3 Å². The first kappa shape index (κ1) is 15.1. The third kappa shape index (κ3) is 2.79. The zero-order valence-corrected chi connectivity index (χ0v) is 13.1. The summed E-state index contributed by atoms with van der Waals surface area (Å²) in [4.78, 5) is 4.42. The van der Waals surface area contributed by atoms with Crippen LogP contribution >= 0.6 is 0 Å². The second-order valence-corrected chi connectivity index (χ2v) is 5.52. The first-order valence-corrected chi connectivity index (χ1v) is 7.45. The van der Waals surface area contributed by atoms with E-state index in [2.05, 4.69) is 33.5 Å².